The fourth-order valence-corrected chi connectivity index (χ4v) is 1.50. The van der Waals surface area contributed by atoms with E-state index in [2.05, 4.69) is 10.3 Å². The minimum Gasteiger partial charge on any atom is -0.359 e. The van der Waals surface area contributed by atoms with Gasteiger partial charge >= 0.3 is 6.03 Å². The predicted molar refractivity (Wildman–Crippen MR) is 56.2 cm³/mol. The highest BCUT2D eigenvalue weighted by Gasteiger charge is 2.00. The van der Waals surface area contributed by atoms with E-state index in [0.717, 1.165) is 16.6 Å². The third-order valence-corrected chi connectivity index (χ3v) is 2.02. The van der Waals surface area contributed by atoms with Crippen LogP contribution in [0.15, 0.2) is 24.3 Å². The van der Waals surface area contributed by atoms with Crippen LogP contribution in [0.1, 0.15) is 5.69 Å². The lowest BCUT2D eigenvalue weighted by atomic mass is 10.2. The average molecular weight is 189 g/mol. The number of aromatic amines is 1. The molecular formula is C10H11N3O. The highest BCUT2D eigenvalue weighted by molar-refractivity contribution is 5.92. The predicted octanol–water partition coefficient (Wildman–Crippen LogP) is 1.97. The number of primary amides is 1. The maximum Gasteiger partial charge on any atom is 0.316 e. The van der Waals surface area contributed by atoms with E-state index in [9.17, 15) is 4.79 Å². The number of hydrogen-bond donors (Lipinski definition) is 3. The van der Waals surface area contributed by atoms with Crippen LogP contribution in [0.4, 0.5) is 10.5 Å². The minimum absolute atomic E-state index is 0.545. The summed E-state index contributed by atoms with van der Waals surface area (Å²) in [6.07, 6.45) is 0. The Morgan fingerprint density at radius 3 is 2.93 bits per heavy atom. The normalized spacial score (nSPS) is 10.4. The zero-order chi connectivity index (χ0) is 10.1. The number of aromatic nitrogens is 1. The molecule has 0 aliphatic carbocycles. The Bertz CT molecular complexity index is 487. The summed E-state index contributed by atoms with van der Waals surface area (Å²) in [7, 11) is 0. The van der Waals surface area contributed by atoms with Gasteiger partial charge in [-0.3, -0.25) is 0 Å². The molecule has 2 rings (SSSR count). The van der Waals surface area contributed by atoms with Crippen molar-refractivity contribution in [3.63, 3.8) is 0 Å². The van der Waals surface area contributed by atoms with E-state index < -0.39 is 6.03 Å². The molecule has 0 atom stereocenters. The topological polar surface area (TPSA) is 70.9 Å². The number of carbonyl (C=O) groups is 1. The Labute approximate surface area is 81.1 Å². The van der Waals surface area contributed by atoms with Gasteiger partial charge in [0.05, 0.1) is 0 Å². The zero-order valence-corrected chi connectivity index (χ0v) is 7.79. The number of benzene rings is 1. The van der Waals surface area contributed by atoms with Crippen molar-refractivity contribution in [1.82, 2.24) is 4.98 Å². The quantitative estimate of drug-likeness (QED) is 0.630. The highest BCUT2D eigenvalue weighted by Crippen LogP contribution is 2.19. The van der Waals surface area contributed by atoms with Crippen LogP contribution in [-0.2, 0) is 0 Å². The summed E-state index contributed by atoms with van der Waals surface area (Å²) in [5.41, 5.74) is 7.87. The first-order valence-corrected chi connectivity index (χ1v) is 4.31. The summed E-state index contributed by atoms with van der Waals surface area (Å²) in [6.45, 7) is 1.99. The number of nitrogens with two attached hydrogens (primary N) is 1. The molecule has 0 unspecified atom stereocenters. The number of nitrogens with one attached hydrogen (secondary N) is 2. The first-order valence-electron chi connectivity index (χ1n) is 4.31. The van der Waals surface area contributed by atoms with E-state index in [1.165, 1.54) is 0 Å². The summed E-state index contributed by atoms with van der Waals surface area (Å²) in [5.74, 6) is 0. The number of rotatable bonds is 1. The summed E-state index contributed by atoms with van der Waals surface area (Å²) in [5, 5.41) is 3.59. The van der Waals surface area contributed by atoms with E-state index in [-0.39, 0.29) is 0 Å². The summed E-state index contributed by atoms with van der Waals surface area (Å²) in [6, 6.07) is 7.07. The maximum atomic E-state index is 10.6. The van der Waals surface area contributed by atoms with E-state index in [1.807, 2.05) is 31.2 Å². The molecule has 14 heavy (non-hydrogen) atoms. The Morgan fingerprint density at radius 1 is 1.43 bits per heavy atom. The average Bonchev–Trinajstić information content (AvgIpc) is 2.42. The molecule has 4 N–H and O–H groups in total. The van der Waals surface area contributed by atoms with Crippen LogP contribution in [0.25, 0.3) is 10.9 Å². The van der Waals surface area contributed by atoms with Crippen LogP contribution in [0.2, 0.25) is 0 Å². The molecule has 72 valence electrons. The van der Waals surface area contributed by atoms with Gasteiger partial charge in [0, 0.05) is 22.3 Å². The van der Waals surface area contributed by atoms with Crippen molar-refractivity contribution in [2.75, 3.05) is 5.32 Å². The lowest BCUT2D eigenvalue weighted by Crippen LogP contribution is -2.19. The number of anilines is 1. The molecule has 0 spiro atoms. The number of urea groups is 1. The largest absolute Gasteiger partial charge is 0.359 e. The number of hydrogen-bond acceptors (Lipinski definition) is 1. The molecule has 0 saturated carbocycles. The molecular weight excluding hydrogens is 178 g/mol. The third kappa shape index (κ3) is 1.54. The molecule has 1 aromatic carbocycles. The van der Waals surface area contributed by atoms with Crippen LogP contribution >= 0.6 is 0 Å². The second kappa shape index (κ2) is 3.06. The van der Waals surface area contributed by atoms with Crippen LogP contribution in [0.5, 0.6) is 0 Å². The Hall–Kier alpha value is -1.97. The molecule has 4 nitrogen and oxygen atoms in total. The molecule has 0 bridgehead atoms. The molecule has 0 radical (unpaired) electrons. The molecule has 1 aromatic heterocycles. The highest BCUT2D eigenvalue weighted by atomic mass is 16.2. The minimum atomic E-state index is -0.545. The number of carbonyl (C=O) groups excluding carboxylic acids is 1. The standard InChI is InChI=1S/C10H11N3O/c1-6-4-7-5-8(13-10(11)14)2-3-9(7)12-6/h2-5,12H,1H3,(H3,11,13,14). The molecule has 2 aromatic rings. The van der Waals surface area contributed by atoms with Crippen molar-refractivity contribution in [1.29, 1.82) is 0 Å². The van der Waals surface area contributed by atoms with Crippen LogP contribution in [0, 0.1) is 6.92 Å². The molecule has 1 heterocycles. The van der Waals surface area contributed by atoms with E-state index in [1.54, 1.807) is 0 Å². The number of aryl methyl sites for hydroxylation is 1. The fraction of sp³-hybridized carbons (Fsp3) is 0.100. The summed E-state index contributed by atoms with van der Waals surface area (Å²) < 4.78 is 0. The van der Waals surface area contributed by atoms with Gasteiger partial charge in [-0.1, -0.05) is 0 Å². The lowest BCUT2D eigenvalue weighted by Gasteiger charge is -2.00. The van der Waals surface area contributed by atoms with Crippen molar-refractivity contribution >= 4 is 22.6 Å². The zero-order valence-electron chi connectivity index (χ0n) is 7.79. The first kappa shape index (κ1) is 8.62. The van der Waals surface area contributed by atoms with Crippen molar-refractivity contribution in [2.45, 2.75) is 6.92 Å². The molecule has 4 heteroatoms. The Morgan fingerprint density at radius 2 is 2.21 bits per heavy atom. The van der Waals surface area contributed by atoms with Crippen LogP contribution in [0.3, 0.4) is 0 Å². The first-order chi connectivity index (χ1) is 6.65. The molecule has 0 aliphatic rings. The molecule has 0 aliphatic heterocycles. The van der Waals surface area contributed by atoms with Crippen LogP contribution in [-0.4, -0.2) is 11.0 Å². The van der Waals surface area contributed by atoms with Gasteiger partial charge in [0.1, 0.15) is 0 Å². The number of amides is 2. The maximum absolute atomic E-state index is 10.6. The lowest BCUT2D eigenvalue weighted by molar-refractivity contribution is 0.259. The molecule has 2 amide bonds. The second-order valence-electron chi connectivity index (χ2n) is 3.24. The van der Waals surface area contributed by atoms with E-state index in [0.29, 0.717) is 5.69 Å². The smallest absolute Gasteiger partial charge is 0.316 e. The van der Waals surface area contributed by atoms with E-state index in [4.69, 9.17) is 5.73 Å². The SMILES string of the molecule is Cc1cc2cc(NC(N)=O)ccc2[nH]1. The van der Waals surface area contributed by atoms with Crippen molar-refractivity contribution < 1.29 is 4.79 Å². The number of fused-ring (bicyclic) bond motifs is 1. The summed E-state index contributed by atoms with van der Waals surface area (Å²) >= 11 is 0. The van der Waals surface area contributed by atoms with Gasteiger partial charge in [-0.2, -0.15) is 0 Å². The fourth-order valence-electron chi connectivity index (χ4n) is 1.50. The van der Waals surface area contributed by atoms with Gasteiger partial charge in [0.15, 0.2) is 0 Å². The van der Waals surface area contributed by atoms with Gasteiger partial charge in [-0.15, -0.1) is 0 Å². The van der Waals surface area contributed by atoms with Crippen LogP contribution < -0.4 is 11.1 Å². The number of H-pyrrole nitrogens is 1. The second-order valence-corrected chi connectivity index (χ2v) is 3.24. The Kier molecular flexibility index (Phi) is 1.89. The van der Waals surface area contributed by atoms with Gasteiger partial charge < -0.3 is 16.0 Å². The third-order valence-electron chi connectivity index (χ3n) is 2.02. The van der Waals surface area contributed by atoms with Crippen molar-refractivity contribution in [3.05, 3.63) is 30.0 Å². The Balaban J connectivity index is 2.45. The summed E-state index contributed by atoms with van der Waals surface area (Å²) in [4.78, 5) is 13.8. The molecule has 0 saturated heterocycles. The van der Waals surface area contributed by atoms with E-state index >= 15 is 0 Å². The van der Waals surface area contributed by atoms with Gasteiger partial charge in [-0.05, 0) is 31.2 Å². The van der Waals surface area contributed by atoms with Gasteiger partial charge in [0.25, 0.3) is 0 Å². The van der Waals surface area contributed by atoms with Crippen molar-refractivity contribution in [3.8, 4) is 0 Å². The van der Waals surface area contributed by atoms with Gasteiger partial charge in [0.2, 0.25) is 0 Å². The monoisotopic (exact) mass is 189 g/mol. The molecule has 0 fully saturated rings. The van der Waals surface area contributed by atoms with Gasteiger partial charge in [-0.25, -0.2) is 4.79 Å². The van der Waals surface area contributed by atoms with Crippen molar-refractivity contribution in [2.24, 2.45) is 5.73 Å².